The molecule has 5 nitrogen and oxygen atoms in total. The molecule has 3 rings (SSSR count). The third kappa shape index (κ3) is 2.09. The molecule has 1 saturated heterocycles. The van der Waals surface area contributed by atoms with Crippen LogP contribution >= 0.6 is 0 Å². The van der Waals surface area contributed by atoms with Gasteiger partial charge in [-0.25, -0.2) is 8.42 Å². The third-order valence-electron chi connectivity index (χ3n) is 3.72. The Hall–Kier alpha value is -1.50. The van der Waals surface area contributed by atoms with Crippen molar-refractivity contribution in [2.45, 2.75) is 30.4 Å². The first kappa shape index (κ1) is 13.5. The lowest BCUT2D eigenvalue weighted by Gasteiger charge is -2.21. The van der Waals surface area contributed by atoms with E-state index in [1.807, 2.05) is 13.0 Å². The van der Waals surface area contributed by atoms with E-state index in [1.165, 1.54) is 4.31 Å². The van der Waals surface area contributed by atoms with Gasteiger partial charge in [-0.3, -0.25) is 4.98 Å². The van der Waals surface area contributed by atoms with E-state index in [0.29, 0.717) is 11.8 Å². The lowest BCUT2D eigenvalue weighted by molar-refractivity contribution is 0.189. The molecule has 1 aliphatic rings. The molecule has 2 unspecified atom stereocenters. The second-order valence-electron chi connectivity index (χ2n) is 5.17. The zero-order chi connectivity index (χ0) is 14.3. The van der Waals surface area contributed by atoms with Crippen LogP contribution in [0.15, 0.2) is 41.6 Å². The molecular weight excluding hydrogens is 276 g/mol. The lowest BCUT2D eigenvalue weighted by atomic mass is 10.2. The summed E-state index contributed by atoms with van der Waals surface area (Å²) in [6.45, 7) is 1.98. The monoisotopic (exact) mass is 292 g/mol. The van der Waals surface area contributed by atoms with Crippen LogP contribution in [0, 0.1) is 0 Å². The van der Waals surface area contributed by atoms with Gasteiger partial charge in [0.1, 0.15) is 0 Å². The molecule has 0 spiro atoms. The highest BCUT2D eigenvalue weighted by atomic mass is 32.2. The average Bonchev–Trinajstić information content (AvgIpc) is 2.78. The molecule has 0 radical (unpaired) electrons. The van der Waals surface area contributed by atoms with Gasteiger partial charge in [-0.15, -0.1) is 0 Å². The number of rotatable bonds is 2. The Labute approximate surface area is 117 Å². The molecule has 1 aromatic carbocycles. The molecule has 1 fully saturated rings. The third-order valence-corrected chi connectivity index (χ3v) is 5.76. The molecule has 106 valence electrons. The predicted molar refractivity (Wildman–Crippen MR) is 75.7 cm³/mol. The van der Waals surface area contributed by atoms with Gasteiger partial charge in [0.25, 0.3) is 0 Å². The molecule has 1 aromatic heterocycles. The number of hydrogen-bond donors (Lipinski definition) is 1. The van der Waals surface area contributed by atoms with Crippen molar-refractivity contribution in [3.8, 4) is 0 Å². The van der Waals surface area contributed by atoms with Crippen LogP contribution in [0.25, 0.3) is 10.8 Å². The largest absolute Gasteiger partial charge is 0.392 e. The van der Waals surface area contributed by atoms with Crippen LogP contribution in [-0.2, 0) is 10.0 Å². The molecule has 2 atom stereocenters. The summed E-state index contributed by atoms with van der Waals surface area (Å²) in [6, 6.07) is 6.68. The Morgan fingerprint density at radius 2 is 2.15 bits per heavy atom. The summed E-state index contributed by atoms with van der Waals surface area (Å²) in [7, 11) is -3.60. The molecule has 1 N–H and O–H groups in total. The molecule has 0 bridgehead atoms. The average molecular weight is 292 g/mol. The predicted octanol–water partition coefficient (Wildman–Crippen LogP) is 1.38. The Kier molecular flexibility index (Phi) is 3.24. The zero-order valence-electron chi connectivity index (χ0n) is 11.1. The SMILES string of the molecule is CC1CC(O)CN1S(=O)(=O)c1cccc2cnccc12. The van der Waals surface area contributed by atoms with Crippen molar-refractivity contribution in [2.75, 3.05) is 6.54 Å². The van der Waals surface area contributed by atoms with Crippen molar-refractivity contribution in [3.63, 3.8) is 0 Å². The smallest absolute Gasteiger partial charge is 0.244 e. The van der Waals surface area contributed by atoms with Crippen LogP contribution in [-0.4, -0.2) is 41.5 Å². The van der Waals surface area contributed by atoms with Gasteiger partial charge in [0.15, 0.2) is 0 Å². The van der Waals surface area contributed by atoms with E-state index >= 15 is 0 Å². The van der Waals surface area contributed by atoms with Gasteiger partial charge in [-0.2, -0.15) is 4.31 Å². The van der Waals surface area contributed by atoms with Crippen molar-refractivity contribution in [2.24, 2.45) is 0 Å². The van der Waals surface area contributed by atoms with E-state index < -0.39 is 16.1 Å². The Bertz CT molecular complexity index is 740. The van der Waals surface area contributed by atoms with E-state index in [4.69, 9.17) is 0 Å². The number of aliphatic hydroxyl groups is 1. The highest BCUT2D eigenvalue weighted by molar-refractivity contribution is 7.89. The van der Waals surface area contributed by atoms with Crippen LogP contribution in [0.1, 0.15) is 13.3 Å². The summed E-state index contributed by atoms with van der Waals surface area (Å²) >= 11 is 0. The summed E-state index contributed by atoms with van der Waals surface area (Å²) in [5.41, 5.74) is 0. The summed E-state index contributed by atoms with van der Waals surface area (Å²) in [5, 5.41) is 11.1. The summed E-state index contributed by atoms with van der Waals surface area (Å²) in [4.78, 5) is 4.29. The van der Waals surface area contributed by atoms with Crippen LogP contribution < -0.4 is 0 Å². The van der Waals surface area contributed by atoms with Gasteiger partial charge >= 0.3 is 0 Å². The molecule has 2 heterocycles. The summed E-state index contributed by atoms with van der Waals surface area (Å²) in [6.07, 6.45) is 3.13. The minimum Gasteiger partial charge on any atom is -0.392 e. The molecule has 2 aromatic rings. The first-order valence-electron chi connectivity index (χ1n) is 6.53. The van der Waals surface area contributed by atoms with Crippen molar-refractivity contribution >= 4 is 20.8 Å². The zero-order valence-corrected chi connectivity index (χ0v) is 11.9. The first-order valence-corrected chi connectivity index (χ1v) is 7.97. The van der Waals surface area contributed by atoms with E-state index in [1.54, 1.807) is 30.6 Å². The maximum absolute atomic E-state index is 12.8. The molecule has 0 aliphatic carbocycles. The fraction of sp³-hybridized carbons (Fsp3) is 0.357. The highest BCUT2D eigenvalue weighted by Gasteiger charge is 2.37. The Morgan fingerprint density at radius 3 is 2.85 bits per heavy atom. The van der Waals surface area contributed by atoms with Gasteiger partial charge in [0, 0.05) is 35.8 Å². The lowest BCUT2D eigenvalue weighted by Crippen LogP contribution is -2.34. The Balaban J connectivity index is 2.15. The number of aliphatic hydroxyl groups excluding tert-OH is 1. The number of hydrogen-bond acceptors (Lipinski definition) is 4. The van der Waals surface area contributed by atoms with Gasteiger partial charge in [-0.05, 0) is 25.5 Å². The van der Waals surface area contributed by atoms with Gasteiger partial charge in [0.05, 0.1) is 11.0 Å². The molecule has 0 amide bonds. The van der Waals surface area contributed by atoms with Crippen molar-refractivity contribution in [1.82, 2.24) is 9.29 Å². The molecule has 0 saturated carbocycles. The molecular formula is C14H16N2O3S. The number of pyridine rings is 1. The minimum atomic E-state index is -3.60. The maximum Gasteiger partial charge on any atom is 0.244 e. The second-order valence-corrected chi connectivity index (χ2v) is 7.03. The summed E-state index contributed by atoms with van der Waals surface area (Å²) in [5.74, 6) is 0. The van der Waals surface area contributed by atoms with Crippen LogP contribution in [0.4, 0.5) is 0 Å². The van der Waals surface area contributed by atoms with Gasteiger partial charge in [0.2, 0.25) is 10.0 Å². The van der Waals surface area contributed by atoms with Crippen LogP contribution in [0.3, 0.4) is 0 Å². The number of β-amino-alcohol motifs (C(OH)–C–C–N with tert-alkyl or cyclic N) is 1. The Morgan fingerprint density at radius 1 is 1.35 bits per heavy atom. The molecule has 1 aliphatic heterocycles. The minimum absolute atomic E-state index is 0.158. The number of sulfonamides is 1. The highest BCUT2D eigenvalue weighted by Crippen LogP contribution is 2.30. The number of benzene rings is 1. The van der Waals surface area contributed by atoms with Crippen molar-refractivity contribution in [3.05, 3.63) is 36.7 Å². The van der Waals surface area contributed by atoms with Gasteiger partial charge in [-0.1, -0.05) is 12.1 Å². The molecule has 6 heteroatoms. The first-order chi connectivity index (χ1) is 9.50. The topological polar surface area (TPSA) is 70.5 Å². The fourth-order valence-corrected chi connectivity index (χ4v) is 4.65. The maximum atomic E-state index is 12.8. The second kappa shape index (κ2) is 4.80. The standard InChI is InChI=1S/C14H16N2O3S/c1-10-7-12(17)9-16(10)20(18,19)14-4-2-3-11-8-15-6-5-13(11)14/h2-6,8,10,12,17H,7,9H2,1H3. The van der Waals surface area contributed by atoms with Crippen molar-refractivity contribution < 1.29 is 13.5 Å². The summed E-state index contributed by atoms with van der Waals surface area (Å²) < 4.78 is 27.0. The normalized spacial score (nSPS) is 24.3. The number of nitrogens with zero attached hydrogens (tertiary/aromatic N) is 2. The number of fused-ring (bicyclic) bond motifs is 1. The van der Waals surface area contributed by atoms with E-state index in [2.05, 4.69) is 4.98 Å². The quantitative estimate of drug-likeness (QED) is 0.907. The number of aromatic nitrogens is 1. The fourth-order valence-electron chi connectivity index (χ4n) is 2.75. The van der Waals surface area contributed by atoms with Crippen LogP contribution in [0.2, 0.25) is 0 Å². The van der Waals surface area contributed by atoms with Crippen LogP contribution in [0.5, 0.6) is 0 Å². The van der Waals surface area contributed by atoms with E-state index in [-0.39, 0.29) is 17.5 Å². The molecule has 20 heavy (non-hydrogen) atoms. The van der Waals surface area contributed by atoms with Crippen molar-refractivity contribution in [1.29, 1.82) is 0 Å². The van der Waals surface area contributed by atoms with E-state index in [9.17, 15) is 13.5 Å². The van der Waals surface area contributed by atoms with E-state index in [0.717, 1.165) is 5.39 Å². The van der Waals surface area contributed by atoms with Gasteiger partial charge < -0.3 is 5.11 Å².